The van der Waals surface area contributed by atoms with Crippen molar-refractivity contribution in [3.05, 3.63) is 28.8 Å². The summed E-state index contributed by atoms with van der Waals surface area (Å²) in [4.78, 5) is 15.1. The normalized spacial score (nSPS) is 18.6. The van der Waals surface area contributed by atoms with Crippen molar-refractivity contribution < 1.29 is 9.53 Å². The molecule has 1 aliphatic heterocycles. The van der Waals surface area contributed by atoms with Gasteiger partial charge in [-0.1, -0.05) is 41.5 Å². The van der Waals surface area contributed by atoms with Crippen molar-refractivity contribution in [1.82, 2.24) is 10.2 Å². The maximum Gasteiger partial charge on any atom is 0.253 e. The number of hydrogen-bond acceptors (Lipinski definition) is 3. The molecule has 140 valence electrons. The molecule has 1 aromatic carbocycles. The first-order chi connectivity index (χ1) is 11.5. The molecule has 4 nitrogen and oxygen atoms in total. The van der Waals surface area contributed by atoms with E-state index in [9.17, 15) is 4.79 Å². The minimum absolute atomic E-state index is 0.0971. The fraction of sp³-hybridized carbons (Fsp3) is 0.667. The SMILES string of the molecule is CNC1CCN(C(=O)c2cc(C(C)(C)C)c(OC)c(C(C)(C)C)c2)C1. The molecule has 1 saturated heterocycles. The second-order valence-corrected chi connectivity index (χ2v) is 9.13. The largest absolute Gasteiger partial charge is 0.496 e. The number of carbonyl (C=O) groups is 1. The Morgan fingerprint density at radius 1 is 1.12 bits per heavy atom. The van der Waals surface area contributed by atoms with Gasteiger partial charge in [0, 0.05) is 35.8 Å². The summed E-state index contributed by atoms with van der Waals surface area (Å²) in [6.45, 7) is 14.6. The van der Waals surface area contributed by atoms with Crippen molar-refractivity contribution in [2.45, 2.75) is 64.8 Å². The van der Waals surface area contributed by atoms with Crippen LogP contribution in [0.1, 0.15) is 69.4 Å². The van der Waals surface area contributed by atoms with E-state index in [0.717, 1.165) is 42.0 Å². The number of hydrogen-bond donors (Lipinski definition) is 1. The average molecular weight is 347 g/mol. The second kappa shape index (κ2) is 6.99. The lowest BCUT2D eigenvalue weighted by molar-refractivity contribution is 0.0789. The fourth-order valence-electron chi connectivity index (χ4n) is 3.45. The number of nitrogens with zero attached hydrogens (tertiary/aromatic N) is 1. The number of nitrogens with one attached hydrogen (secondary N) is 1. The predicted octanol–water partition coefficient (Wildman–Crippen LogP) is 3.72. The van der Waals surface area contributed by atoms with E-state index in [1.165, 1.54) is 0 Å². The van der Waals surface area contributed by atoms with Gasteiger partial charge >= 0.3 is 0 Å². The summed E-state index contributed by atoms with van der Waals surface area (Å²) in [6.07, 6.45) is 1.01. The number of methoxy groups -OCH3 is 1. The zero-order valence-corrected chi connectivity index (χ0v) is 17.1. The summed E-state index contributed by atoms with van der Waals surface area (Å²) >= 11 is 0. The van der Waals surface area contributed by atoms with E-state index in [-0.39, 0.29) is 16.7 Å². The van der Waals surface area contributed by atoms with Gasteiger partial charge in [-0.3, -0.25) is 4.79 Å². The van der Waals surface area contributed by atoms with Crippen LogP contribution in [0.25, 0.3) is 0 Å². The van der Waals surface area contributed by atoms with Crippen LogP contribution in [0.15, 0.2) is 12.1 Å². The van der Waals surface area contributed by atoms with Gasteiger partial charge in [-0.15, -0.1) is 0 Å². The first-order valence-electron chi connectivity index (χ1n) is 9.18. The number of ether oxygens (including phenoxy) is 1. The molecule has 1 N–H and O–H groups in total. The third-order valence-electron chi connectivity index (χ3n) is 5.04. The first-order valence-corrected chi connectivity index (χ1v) is 9.18. The van der Waals surface area contributed by atoms with E-state index in [2.05, 4.69) is 46.9 Å². The molecule has 0 radical (unpaired) electrons. The third kappa shape index (κ3) is 4.17. The first kappa shape index (κ1) is 19.8. The predicted molar refractivity (Wildman–Crippen MR) is 104 cm³/mol. The molecule has 1 aliphatic rings. The van der Waals surface area contributed by atoms with Gasteiger partial charge in [-0.05, 0) is 36.4 Å². The Hall–Kier alpha value is -1.55. The molecular weight excluding hydrogens is 312 g/mol. The molecule has 0 bridgehead atoms. The van der Waals surface area contributed by atoms with Crippen LogP contribution < -0.4 is 10.1 Å². The molecule has 1 heterocycles. The Bertz CT molecular complexity index is 603. The summed E-state index contributed by atoms with van der Waals surface area (Å²) in [5.41, 5.74) is 2.76. The average Bonchev–Trinajstić information content (AvgIpc) is 3.00. The molecule has 1 unspecified atom stereocenters. The summed E-state index contributed by atoms with van der Waals surface area (Å²) in [5, 5.41) is 3.28. The lowest BCUT2D eigenvalue weighted by Crippen LogP contribution is -2.34. The minimum Gasteiger partial charge on any atom is -0.496 e. The highest BCUT2D eigenvalue weighted by Crippen LogP contribution is 2.40. The van der Waals surface area contributed by atoms with Gasteiger partial charge < -0.3 is 15.0 Å². The van der Waals surface area contributed by atoms with Crippen LogP contribution in [0.2, 0.25) is 0 Å². The second-order valence-electron chi connectivity index (χ2n) is 9.13. The van der Waals surface area contributed by atoms with E-state index >= 15 is 0 Å². The van der Waals surface area contributed by atoms with Gasteiger partial charge in [0.1, 0.15) is 5.75 Å². The number of benzene rings is 1. The van der Waals surface area contributed by atoms with Crippen LogP contribution in [-0.2, 0) is 10.8 Å². The molecule has 1 atom stereocenters. The highest BCUT2D eigenvalue weighted by Gasteiger charge is 2.31. The molecule has 2 rings (SSSR count). The summed E-state index contributed by atoms with van der Waals surface area (Å²) in [7, 11) is 3.68. The van der Waals surface area contributed by atoms with Gasteiger partial charge in [-0.2, -0.15) is 0 Å². The molecule has 0 aromatic heterocycles. The number of likely N-dealkylation sites (tertiary alicyclic amines) is 1. The lowest BCUT2D eigenvalue weighted by Gasteiger charge is -2.30. The van der Waals surface area contributed by atoms with E-state index < -0.39 is 0 Å². The Morgan fingerprint density at radius 3 is 2.00 bits per heavy atom. The van der Waals surface area contributed by atoms with Crippen molar-refractivity contribution in [3.63, 3.8) is 0 Å². The molecule has 1 amide bonds. The van der Waals surface area contributed by atoms with Gasteiger partial charge in [0.2, 0.25) is 0 Å². The molecular formula is C21H34N2O2. The molecule has 4 heteroatoms. The van der Waals surface area contributed by atoms with Crippen molar-refractivity contribution in [3.8, 4) is 5.75 Å². The van der Waals surface area contributed by atoms with Gasteiger partial charge in [-0.25, -0.2) is 0 Å². The maximum atomic E-state index is 13.1. The number of rotatable bonds is 3. The molecule has 0 spiro atoms. The number of carbonyl (C=O) groups excluding carboxylic acids is 1. The van der Waals surface area contributed by atoms with E-state index in [0.29, 0.717) is 6.04 Å². The Morgan fingerprint density at radius 2 is 1.64 bits per heavy atom. The van der Waals surface area contributed by atoms with Crippen LogP contribution >= 0.6 is 0 Å². The number of amides is 1. The van der Waals surface area contributed by atoms with Crippen LogP contribution in [-0.4, -0.2) is 44.1 Å². The van der Waals surface area contributed by atoms with Crippen molar-refractivity contribution >= 4 is 5.91 Å². The lowest BCUT2D eigenvalue weighted by atomic mass is 9.78. The summed E-state index contributed by atoms with van der Waals surface area (Å²) in [5.74, 6) is 1.03. The van der Waals surface area contributed by atoms with Gasteiger partial charge in [0.25, 0.3) is 5.91 Å². The summed E-state index contributed by atoms with van der Waals surface area (Å²) < 4.78 is 5.79. The fourth-order valence-corrected chi connectivity index (χ4v) is 3.45. The maximum absolute atomic E-state index is 13.1. The van der Waals surface area contributed by atoms with E-state index in [1.54, 1.807) is 7.11 Å². The molecule has 25 heavy (non-hydrogen) atoms. The minimum atomic E-state index is -0.0971. The Labute approximate surface area is 152 Å². The Balaban J connectivity index is 2.54. The zero-order chi connectivity index (χ0) is 19.0. The smallest absolute Gasteiger partial charge is 0.253 e. The topological polar surface area (TPSA) is 41.6 Å². The summed E-state index contributed by atoms with van der Waals surface area (Å²) in [6, 6.07) is 4.46. The monoisotopic (exact) mass is 346 g/mol. The molecule has 0 aliphatic carbocycles. The van der Waals surface area contributed by atoms with Crippen LogP contribution in [0.4, 0.5) is 0 Å². The molecule has 1 aromatic rings. The van der Waals surface area contributed by atoms with Crippen molar-refractivity contribution in [2.75, 3.05) is 27.2 Å². The van der Waals surface area contributed by atoms with Crippen molar-refractivity contribution in [1.29, 1.82) is 0 Å². The van der Waals surface area contributed by atoms with Crippen molar-refractivity contribution in [2.24, 2.45) is 0 Å². The van der Waals surface area contributed by atoms with E-state index in [4.69, 9.17) is 4.74 Å². The highest BCUT2D eigenvalue weighted by molar-refractivity contribution is 5.95. The quantitative estimate of drug-likeness (QED) is 0.907. The third-order valence-corrected chi connectivity index (χ3v) is 5.04. The van der Waals surface area contributed by atoms with Gasteiger partial charge in [0.05, 0.1) is 7.11 Å². The van der Waals surface area contributed by atoms with Crippen LogP contribution in [0.3, 0.4) is 0 Å². The molecule has 1 fully saturated rings. The van der Waals surface area contributed by atoms with Crippen LogP contribution in [0.5, 0.6) is 5.75 Å². The zero-order valence-electron chi connectivity index (χ0n) is 17.1. The van der Waals surface area contributed by atoms with Gasteiger partial charge in [0.15, 0.2) is 0 Å². The number of likely N-dealkylation sites (N-methyl/N-ethyl adjacent to an activating group) is 1. The highest BCUT2D eigenvalue weighted by atomic mass is 16.5. The van der Waals surface area contributed by atoms with E-state index in [1.807, 2.05) is 24.1 Å². The van der Waals surface area contributed by atoms with Crippen LogP contribution in [0, 0.1) is 0 Å². The Kier molecular flexibility index (Phi) is 5.53. The molecule has 0 saturated carbocycles. The standard InChI is InChI=1S/C21H34N2O2/c1-20(2,3)16-11-14(12-17(18(16)25-8)21(4,5)6)19(24)23-10-9-15(13-23)22-7/h11-12,15,22H,9-10,13H2,1-8H3.